The molecule has 1 aliphatic carbocycles. The van der Waals surface area contributed by atoms with E-state index in [1.807, 2.05) is 6.07 Å². The van der Waals surface area contributed by atoms with E-state index in [0.29, 0.717) is 17.6 Å². The van der Waals surface area contributed by atoms with Gasteiger partial charge in [-0.05, 0) is 29.7 Å². The molecule has 0 saturated heterocycles. The highest BCUT2D eigenvalue weighted by Crippen LogP contribution is 2.43. The van der Waals surface area contributed by atoms with Crippen molar-refractivity contribution < 1.29 is 18.8 Å². The summed E-state index contributed by atoms with van der Waals surface area (Å²) >= 11 is 0. The van der Waals surface area contributed by atoms with Gasteiger partial charge in [-0.3, -0.25) is 0 Å². The molecule has 3 atom stereocenters. The maximum Gasteiger partial charge on any atom is 0.602 e. The Bertz CT molecular complexity index is 755. The van der Waals surface area contributed by atoms with Gasteiger partial charge in [0.2, 0.25) is 0 Å². The number of hydrogen-bond donors (Lipinski definition) is 0. The summed E-state index contributed by atoms with van der Waals surface area (Å²) in [5.41, 5.74) is 1.24. The lowest BCUT2D eigenvalue weighted by Gasteiger charge is -2.43. The van der Waals surface area contributed by atoms with Gasteiger partial charge in [0.05, 0.1) is 7.11 Å². The van der Waals surface area contributed by atoms with Gasteiger partial charge in [-0.2, -0.15) is 4.79 Å². The smallest absolute Gasteiger partial charge is 0.496 e. The van der Waals surface area contributed by atoms with Crippen LogP contribution in [0.4, 0.5) is 4.79 Å². The van der Waals surface area contributed by atoms with Crippen LogP contribution < -0.4 is 9.30 Å². The van der Waals surface area contributed by atoms with Crippen LogP contribution >= 0.6 is 0 Å². The van der Waals surface area contributed by atoms with Gasteiger partial charge in [-0.25, -0.2) is 0 Å². The maximum atomic E-state index is 12.7. The maximum absolute atomic E-state index is 12.7. The van der Waals surface area contributed by atoms with E-state index in [-0.39, 0.29) is 17.6 Å². The highest BCUT2D eigenvalue weighted by atomic mass is 16.6. The first kappa shape index (κ1) is 19.4. The summed E-state index contributed by atoms with van der Waals surface area (Å²) in [4.78, 5) is 12.7. The highest BCUT2D eigenvalue weighted by molar-refractivity contribution is 5.57. The van der Waals surface area contributed by atoms with Crippen molar-refractivity contribution in [1.29, 1.82) is 0 Å². The Labute approximate surface area is 162 Å². The SMILES string of the molecule is COc1cc[n+](C(=O)O[C@@H]2C[C@H](C)CC[C@H]2C(C)(C)c2ccccc2)cc1. The molecule has 4 heteroatoms. The van der Waals surface area contributed by atoms with Crippen LogP contribution in [0.15, 0.2) is 54.9 Å². The quantitative estimate of drug-likeness (QED) is 0.731. The van der Waals surface area contributed by atoms with Gasteiger partial charge in [0.25, 0.3) is 0 Å². The van der Waals surface area contributed by atoms with Gasteiger partial charge < -0.3 is 9.47 Å². The minimum Gasteiger partial charge on any atom is -0.496 e. The van der Waals surface area contributed by atoms with Gasteiger partial charge in [-0.1, -0.05) is 62.1 Å². The van der Waals surface area contributed by atoms with E-state index in [4.69, 9.17) is 9.47 Å². The Morgan fingerprint density at radius 2 is 1.74 bits per heavy atom. The van der Waals surface area contributed by atoms with Crippen molar-refractivity contribution >= 4 is 6.09 Å². The average molecular weight is 368 g/mol. The zero-order valence-corrected chi connectivity index (χ0v) is 16.7. The molecule has 2 aromatic rings. The summed E-state index contributed by atoms with van der Waals surface area (Å²) in [7, 11) is 1.61. The topological polar surface area (TPSA) is 39.4 Å². The van der Waals surface area contributed by atoms with Crippen molar-refractivity contribution in [2.45, 2.75) is 51.6 Å². The molecule has 1 fully saturated rings. The molecule has 0 radical (unpaired) electrons. The van der Waals surface area contributed by atoms with Crippen molar-refractivity contribution in [3.05, 3.63) is 60.4 Å². The number of hydrogen-bond acceptors (Lipinski definition) is 3. The largest absolute Gasteiger partial charge is 0.602 e. The predicted octanol–water partition coefficient (Wildman–Crippen LogP) is 4.75. The monoisotopic (exact) mass is 368 g/mol. The third kappa shape index (κ3) is 4.32. The molecule has 27 heavy (non-hydrogen) atoms. The number of carbonyl (C=O) groups excluding carboxylic acids is 1. The minimum absolute atomic E-state index is 0.0586. The second-order valence-electron chi connectivity index (χ2n) is 8.18. The Kier molecular flexibility index (Phi) is 5.83. The van der Waals surface area contributed by atoms with Gasteiger partial charge in [0, 0.05) is 18.1 Å². The fourth-order valence-corrected chi connectivity index (χ4v) is 4.23. The molecule has 144 valence electrons. The van der Waals surface area contributed by atoms with Gasteiger partial charge in [-0.15, -0.1) is 0 Å². The molecule has 1 aliphatic rings. The molecule has 0 N–H and O–H groups in total. The van der Waals surface area contributed by atoms with Crippen LogP contribution in [0.5, 0.6) is 5.75 Å². The van der Waals surface area contributed by atoms with Crippen LogP contribution in [0.1, 0.15) is 45.6 Å². The number of benzene rings is 1. The fourth-order valence-electron chi connectivity index (χ4n) is 4.23. The van der Waals surface area contributed by atoms with Crippen molar-refractivity contribution in [1.82, 2.24) is 0 Å². The zero-order valence-electron chi connectivity index (χ0n) is 16.7. The van der Waals surface area contributed by atoms with Crippen LogP contribution in [0, 0.1) is 11.8 Å². The van der Waals surface area contributed by atoms with Gasteiger partial charge >= 0.3 is 6.09 Å². The Morgan fingerprint density at radius 3 is 2.37 bits per heavy atom. The van der Waals surface area contributed by atoms with E-state index < -0.39 is 0 Å². The third-order valence-corrected chi connectivity index (χ3v) is 6.00. The Balaban J connectivity index is 1.80. The van der Waals surface area contributed by atoms with Crippen molar-refractivity contribution in [2.75, 3.05) is 7.11 Å². The Morgan fingerprint density at radius 1 is 1.07 bits per heavy atom. The molecule has 0 spiro atoms. The standard InChI is InChI=1S/C23H30NO3/c1-17-10-11-20(23(2,3)18-8-6-5-7-9-18)21(16-17)27-22(25)24-14-12-19(26-4)13-15-24/h5-9,12-15,17,20-21H,10-11,16H2,1-4H3/q+1/t17-,20-,21-/m1/s1. The lowest BCUT2D eigenvalue weighted by Crippen LogP contribution is -2.49. The van der Waals surface area contributed by atoms with Crippen LogP contribution in [0.3, 0.4) is 0 Å². The lowest BCUT2D eigenvalue weighted by molar-refractivity contribution is -0.587. The van der Waals surface area contributed by atoms with E-state index in [1.54, 1.807) is 31.6 Å². The van der Waals surface area contributed by atoms with Crippen molar-refractivity contribution in [3.8, 4) is 5.75 Å². The number of rotatable bonds is 4. The second kappa shape index (κ2) is 8.12. The van der Waals surface area contributed by atoms with Crippen molar-refractivity contribution in [2.24, 2.45) is 11.8 Å². The minimum atomic E-state index is -0.328. The summed E-state index contributed by atoms with van der Waals surface area (Å²) in [6, 6.07) is 14.1. The first-order valence-electron chi connectivity index (χ1n) is 9.73. The number of carbonyl (C=O) groups is 1. The number of pyridine rings is 1. The van der Waals surface area contributed by atoms with Crippen LogP contribution in [-0.2, 0) is 10.2 Å². The molecule has 0 aliphatic heterocycles. The number of nitrogens with zero attached hydrogens (tertiary/aromatic N) is 1. The molecule has 1 aromatic heterocycles. The van der Waals surface area contributed by atoms with E-state index in [0.717, 1.165) is 12.8 Å². The molecule has 4 nitrogen and oxygen atoms in total. The number of methoxy groups -OCH3 is 1. The van der Waals surface area contributed by atoms with Crippen LogP contribution in [0.2, 0.25) is 0 Å². The van der Waals surface area contributed by atoms with Crippen LogP contribution in [-0.4, -0.2) is 19.3 Å². The first-order chi connectivity index (χ1) is 12.9. The normalized spacial score (nSPS) is 22.9. The van der Waals surface area contributed by atoms with Crippen molar-refractivity contribution in [3.63, 3.8) is 0 Å². The summed E-state index contributed by atoms with van der Waals surface area (Å²) in [5, 5.41) is 0. The van der Waals surface area contributed by atoms with E-state index in [1.165, 1.54) is 16.6 Å². The van der Waals surface area contributed by atoms with E-state index >= 15 is 0 Å². The zero-order chi connectivity index (χ0) is 19.4. The summed E-state index contributed by atoms with van der Waals surface area (Å²) < 4.78 is 12.7. The molecule has 3 rings (SSSR count). The third-order valence-electron chi connectivity index (χ3n) is 6.00. The first-order valence-corrected chi connectivity index (χ1v) is 9.73. The second-order valence-corrected chi connectivity index (χ2v) is 8.18. The number of ether oxygens (including phenoxy) is 2. The molecule has 0 amide bonds. The predicted molar refractivity (Wildman–Crippen MR) is 105 cm³/mol. The Hall–Kier alpha value is -2.36. The molecule has 0 unspecified atom stereocenters. The molecule has 1 saturated carbocycles. The van der Waals surface area contributed by atoms with E-state index in [2.05, 4.69) is 45.0 Å². The molecule has 1 heterocycles. The summed E-state index contributed by atoms with van der Waals surface area (Å²) in [6.45, 7) is 6.78. The molecule has 0 bridgehead atoms. The highest BCUT2D eigenvalue weighted by Gasteiger charge is 2.43. The average Bonchev–Trinajstić information content (AvgIpc) is 2.68. The van der Waals surface area contributed by atoms with Gasteiger partial charge in [0.15, 0.2) is 12.4 Å². The van der Waals surface area contributed by atoms with Crippen LogP contribution in [0.25, 0.3) is 0 Å². The molecular weight excluding hydrogens is 338 g/mol. The molecular formula is C23H30NO3+. The fraction of sp³-hybridized carbons (Fsp3) is 0.478. The summed E-state index contributed by atoms with van der Waals surface area (Å²) in [6.07, 6.45) is 6.09. The van der Waals surface area contributed by atoms with Gasteiger partial charge in [0.1, 0.15) is 11.9 Å². The van der Waals surface area contributed by atoms with E-state index in [9.17, 15) is 4.79 Å². The number of aromatic nitrogens is 1. The lowest BCUT2D eigenvalue weighted by atomic mass is 9.64. The molecule has 1 aromatic carbocycles. The summed E-state index contributed by atoms with van der Waals surface area (Å²) in [5.74, 6) is 1.57.